The summed E-state index contributed by atoms with van der Waals surface area (Å²) < 4.78 is 14.3. The lowest BCUT2D eigenvalue weighted by atomic mass is 9.72. The summed E-state index contributed by atoms with van der Waals surface area (Å²) in [6.07, 6.45) is 2.23. The van der Waals surface area contributed by atoms with Crippen molar-refractivity contribution in [3.05, 3.63) is 34.5 Å². The summed E-state index contributed by atoms with van der Waals surface area (Å²) in [7, 11) is 0. The van der Waals surface area contributed by atoms with E-state index in [0.717, 1.165) is 31.3 Å². The number of thiophene rings is 1. The van der Waals surface area contributed by atoms with Gasteiger partial charge in [0.2, 0.25) is 0 Å². The lowest BCUT2D eigenvalue weighted by molar-refractivity contribution is -0.0377. The van der Waals surface area contributed by atoms with Crippen LogP contribution in [0.25, 0.3) is 10.1 Å². The Bertz CT molecular complexity index is 890. The molecule has 0 radical (unpaired) electrons. The van der Waals surface area contributed by atoms with Gasteiger partial charge < -0.3 is 5.32 Å². The van der Waals surface area contributed by atoms with E-state index in [1.54, 1.807) is 12.1 Å². The van der Waals surface area contributed by atoms with Gasteiger partial charge in [0.25, 0.3) is 5.91 Å². The Morgan fingerprint density at radius 3 is 2.76 bits per heavy atom. The van der Waals surface area contributed by atoms with E-state index in [0.29, 0.717) is 15.5 Å². The third kappa shape index (κ3) is 2.54. The molecule has 1 unspecified atom stereocenters. The molecule has 1 aromatic heterocycles. The predicted octanol–water partition coefficient (Wildman–Crippen LogP) is 3.51. The Balaban J connectivity index is 1.64. The van der Waals surface area contributed by atoms with Gasteiger partial charge in [0, 0.05) is 11.6 Å². The van der Waals surface area contributed by atoms with Gasteiger partial charge in [-0.05, 0) is 63.2 Å². The number of benzene rings is 1. The summed E-state index contributed by atoms with van der Waals surface area (Å²) in [6, 6.07) is 6.67. The highest BCUT2D eigenvalue weighted by atomic mass is 32.1. The second kappa shape index (κ2) is 5.79. The van der Waals surface area contributed by atoms with Crippen molar-refractivity contribution >= 4 is 27.3 Å². The maximum Gasteiger partial charge on any atom is 0.261 e. The number of nitrogens with zero attached hydrogens (tertiary/aromatic N) is 2. The topological polar surface area (TPSA) is 56.1 Å². The van der Waals surface area contributed by atoms with Crippen LogP contribution in [0.5, 0.6) is 0 Å². The third-order valence-corrected chi connectivity index (χ3v) is 7.01. The average molecular weight is 357 g/mol. The standard InChI is InChI=1S/C19H20FN3OS/c1-19(2)17(11-5-7-23(19)8-6-11)22-18(24)15-9-12-3-4-14(20)13(10-21)16(12)25-15/h3-4,9,11,17H,5-8H2,1-2H3,(H,22,24). The molecule has 1 atom stereocenters. The van der Waals surface area contributed by atoms with E-state index in [1.807, 2.05) is 6.07 Å². The molecule has 1 amide bonds. The van der Waals surface area contributed by atoms with Crippen LogP contribution in [0.2, 0.25) is 0 Å². The number of rotatable bonds is 2. The number of nitriles is 1. The maximum atomic E-state index is 13.8. The molecule has 5 rings (SSSR count). The monoisotopic (exact) mass is 357 g/mol. The zero-order valence-electron chi connectivity index (χ0n) is 14.3. The molecule has 3 saturated heterocycles. The molecule has 4 nitrogen and oxygen atoms in total. The molecule has 3 fully saturated rings. The minimum atomic E-state index is -0.540. The second-order valence-corrected chi connectivity index (χ2v) is 8.54. The van der Waals surface area contributed by atoms with Crippen molar-refractivity contribution in [2.75, 3.05) is 13.1 Å². The van der Waals surface area contributed by atoms with Gasteiger partial charge in [-0.25, -0.2) is 4.39 Å². The SMILES string of the molecule is CC1(C)C(NC(=O)c2cc3ccc(F)c(C#N)c3s2)C2CCN1CC2. The Morgan fingerprint density at radius 1 is 1.40 bits per heavy atom. The quantitative estimate of drug-likeness (QED) is 0.895. The van der Waals surface area contributed by atoms with Gasteiger partial charge in [-0.3, -0.25) is 9.69 Å². The summed E-state index contributed by atoms with van der Waals surface area (Å²) >= 11 is 1.19. The lowest BCUT2D eigenvalue weighted by Gasteiger charge is -2.56. The minimum Gasteiger partial charge on any atom is -0.346 e. The normalized spacial score (nSPS) is 27.2. The van der Waals surface area contributed by atoms with Crippen LogP contribution in [0, 0.1) is 23.1 Å². The Kier molecular flexibility index (Phi) is 3.82. The second-order valence-electron chi connectivity index (χ2n) is 7.49. The summed E-state index contributed by atoms with van der Waals surface area (Å²) in [4.78, 5) is 15.8. The Hall–Kier alpha value is -1.97. The molecular formula is C19H20FN3OS. The first kappa shape index (κ1) is 16.5. The van der Waals surface area contributed by atoms with Crippen molar-refractivity contribution in [2.45, 2.75) is 38.3 Å². The van der Waals surface area contributed by atoms with E-state index in [9.17, 15) is 14.4 Å². The highest BCUT2D eigenvalue weighted by molar-refractivity contribution is 7.21. The van der Waals surface area contributed by atoms with Crippen LogP contribution >= 0.6 is 11.3 Å². The number of hydrogen-bond acceptors (Lipinski definition) is 4. The summed E-state index contributed by atoms with van der Waals surface area (Å²) in [5, 5.41) is 13.1. The number of hydrogen-bond donors (Lipinski definition) is 1. The van der Waals surface area contributed by atoms with Crippen LogP contribution < -0.4 is 5.32 Å². The van der Waals surface area contributed by atoms with Gasteiger partial charge in [-0.15, -0.1) is 11.3 Å². The smallest absolute Gasteiger partial charge is 0.261 e. The zero-order valence-corrected chi connectivity index (χ0v) is 15.1. The fourth-order valence-electron chi connectivity index (χ4n) is 4.38. The highest BCUT2D eigenvalue weighted by Gasteiger charge is 2.48. The fraction of sp³-hybridized carbons (Fsp3) is 0.474. The van der Waals surface area contributed by atoms with Crippen LogP contribution in [-0.4, -0.2) is 35.5 Å². The molecule has 0 saturated carbocycles. The summed E-state index contributed by atoms with van der Waals surface area (Å²) in [5.74, 6) is -0.162. The third-order valence-electron chi connectivity index (χ3n) is 5.85. The number of carbonyl (C=O) groups is 1. The number of halogens is 1. The molecule has 2 aromatic rings. The molecule has 1 N–H and O–H groups in total. The maximum absolute atomic E-state index is 13.8. The summed E-state index contributed by atoms with van der Waals surface area (Å²) in [6.45, 7) is 6.57. The predicted molar refractivity (Wildman–Crippen MR) is 96.1 cm³/mol. The lowest BCUT2D eigenvalue weighted by Crippen LogP contribution is -2.69. The molecule has 130 valence electrons. The van der Waals surface area contributed by atoms with Crippen molar-refractivity contribution < 1.29 is 9.18 Å². The van der Waals surface area contributed by atoms with Gasteiger partial charge >= 0.3 is 0 Å². The van der Waals surface area contributed by atoms with Gasteiger partial charge in [-0.2, -0.15) is 5.26 Å². The van der Waals surface area contributed by atoms with E-state index >= 15 is 0 Å². The number of amides is 1. The molecule has 0 aliphatic carbocycles. The van der Waals surface area contributed by atoms with E-state index in [-0.39, 0.29) is 23.1 Å². The Labute approximate surface area is 150 Å². The highest BCUT2D eigenvalue weighted by Crippen LogP contribution is 2.39. The van der Waals surface area contributed by atoms with Crippen LogP contribution in [-0.2, 0) is 0 Å². The van der Waals surface area contributed by atoms with E-state index < -0.39 is 5.82 Å². The van der Waals surface area contributed by atoms with Gasteiger partial charge in [0.05, 0.1) is 9.58 Å². The van der Waals surface area contributed by atoms with Crippen molar-refractivity contribution in [1.82, 2.24) is 10.2 Å². The van der Waals surface area contributed by atoms with Crippen molar-refractivity contribution in [2.24, 2.45) is 5.92 Å². The molecule has 6 heteroatoms. The first-order chi connectivity index (χ1) is 11.9. The molecule has 0 spiro atoms. The first-order valence-corrected chi connectivity index (χ1v) is 9.41. The Morgan fingerprint density at radius 2 is 2.12 bits per heavy atom. The largest absolute Gasteiger partial charge is 0.346 e. The molecule has 1 aromatic carbocycles. The number of fused-ring (bicyclic) bond motifs is 4. The summed E-state index contributed by atoms with van der Waals surface area (Å²) in [5.41, 5.74) is -0.0398. The molecule has 25 heavy (non-hydrogen) atoms. The van der Waals surface area contributed by atoms with Gasteiger partial charge in [0.15, 0.2) is 0 Å². The average Bonchev–Trinajstić information content (AvgIpc) is 3.02. The molecule has 3 aliphatic rings. The van der Waals surface area contributed by atoms with Crippen molar-refractivity contribution in [1.29, 1.82) is 5.26 Å². The number of nitrogens with one attached hydrogen (secondary N) is 1. The van der Waals surface area contributed by atoms with E-state index in [2.05, 4.69) is 24.1 Å². The van der Waals surface area contributed by atoms with Crippen LogP contribution in [0.15, 0.2) is 18.2 Å². The van der Waals surface area contributed by atoms with E-state index in [1.165, 1.54) is 17.4 Å². The first-order valence-electron chi connectivity index (χ1n) is 8.60. The van der Waals surface area contributed by atoms with Crippen molar-refractivity contribution in [3.63, 3.8) is 0 Å². The molecule has 2 bridgehead atoms. The van der Waals surface area contributed by atoms with Crippen LogP contribution in [0.3, 0.4) is 0 Å². The zero-order chi connectivity index (χ0) is 17.8. The number of carbonyl (C=O) groups excluding carboxylic acids is 1. The minimum absolute atomic E-state index is 0.0183. The van der Waals surface area contributed by atoms with E-state index in [4.69, 9.17) is 0 Å². The van der Waals surface area contributed by atoms with Gasteiger partial charge in [0.1, 0.15) is 17.4 Å². The fourth-order valence-corrected chi connectivity index (χ4v) is 5.43. The molecular weight excluding hydrogens is 337 g/mol. The number of piperidine rings is 3. The van der Waals surface area contributed by atoms with Gasteiger partial charge in [-0.1, -0.05) is 6.07 Å². The molecule has 4 heterocycles. The van der Waals surface area contributed by atoms with Crippen molar-refractivity contribution in [3.8, 4) is 6.07 Å². The van der Waals surface area contributed by atoms with Crippen LogP contribution in [0.4, 0.5) is 4.39 Å². The van der Waals surface area contributed by atoms with Crippen LogP contribution in [0.1, 0.15) is 41.9 Å². The molecule has 3 aliphatic heterocycles.